The first-order valence-electron chi connectivity index (χ1n) is 7.67. The number of nitrogens with one attached hydrogen (secondary N) is 3. The van der Waals surface area contributed by atoms with Gasteiger partial charge in [-0.1, -0.05) is 29.8 Å². The maximum atomic E-state index is 12.2. The molecule has 2 unspecified atom stereocenters. The molecule has 0 saturated carbocycles. The highest BCUT2D eigenvalue weighted by Crippen LogP contribution is 2.14. The second kappa shape index (κ2) is 11.1. The Hall–Kier alpha value is -1.54. The molecule has 0 aliphatic rings. The van der Waals surface area contributed by atoms with Crippen LogP contribution in [0.4, 0.5) is 10.5 Å². The molecule has 0 bridgehead atoms. The third kappa shape index (κ3) is 9.50. The van der Waals surface area contributed by atoms with Gasteiger partial charge in [0.2, 0.25) is 5.91 Å². The smallest absolute Gasteiger partial charge is 0.352 e. The van der Waals surface area contributed by atoms with Gasteiger partial charge >= 0.3 is 14.3 Å². The zero-order valence-corrected chi connectivity index (χ0v) is 16.5. The van der Waals surface area contributed by atoms with Crippen molar-refractivity contribution in [2.45, 2.75) is 26.3 Å². The van der Waals surface area contributed by atoms with E-state index in [1.165, 1.54) is 0 Å². The summed E-state index contributed by atoms with van der Waals surface area (Å²) in [6.45, 7) is 3.87. The summed E-state index contributed by atoms with van der Waals surface area (Å²) >= 11 is 3.31. The average molecular weight is 435 g/mol. The lowest BCUT2D eigenvalue weighted by molar-refractivity contribution is -0.123. The van der Waals surface area contributed by atoms with Crippen molar-refractivity contribution in [1.82, 2.24) is 10.6 Å². The summed E-state index contributed by atoms with van der Waals surface area (Å²) in [5, 5.41) is 7.87. The summed E-state index contributed by atoms with van der Waals surface area (Å²) in [7, 11) is -2.69. The average Bonchev–Trinajstić information content (AvgIpc) is 2.52. The molecule has 0 heterocycles. The molecule has 2 atom stereocenters. The van der Waals surface area contributed by atoms with Crippen molar-refractivity contribution in [3.63, 3.8) is 0 Å². The number of amides is 3. The molecule has 4 N–H and O–H groups in total. The van der Waals surface area contributed by atoms with Gasteiger partial charge in [-0.3, -0.25) is 4.79 Å². The quantitative estimate of drug-likeness (QED) is 0.352. The van der Waals surface area contributed by atoms with E-state index < -0.39 is 20.3 Å². The number of urea groups is 1. The monoisotopic (exact) mass is 434 g/mol. The second-order valence-corrected chi connectivity index (χ2v) is 7.30. The molecule has 0 aromatic heterocycles. The van der Waals surface area contributed by atoms with Crippen molar-refractivity contribution >= 4 is 41.8 Å². The first-order chi connectivity index (χ1) is 11.8. The van der Waals surface area contributed by atoms with Crippen LogP contribution < -0.4 is 16.0 Å². The lowest BCUT2D eigenvalue weighted by atomic mass is 10.0. The van der Waals surface area contributed by atoms with E-state index in [-0.39, 0.29) is 25.0 Å². The molecule has 0 fully saturated rings. The first-order valence-corrected chi connectivity index (χ1v) is 9.60. The van der Waals surface area contributed by atoms with Crippen LogP contribution in [-0.2, 0) is 13.9 Å². The van der Waals surface area contributed by atoms with Gasteiger partial charge in [0.25, 0.3) is 0 Å². The Morgan fingerprint density at radius 1 is 1.28 bits per heavy atom. The van der Waals surface area contributed by atoms with Crippen LogP contribution in [-0.4, -0.2) is 36.0 Å². The highest BCUT2D eigenvalue weighted by Gasteiger charge is 2.22. The number of hydrogen-bond donors (Lipinski definition) is 4. The molecular weight excluding hydrogens is 413 g/mol. The second-order valence-electron chi connectivity index (χ2n) is 5.65. The molecule has 1 rings (SSSR count). The Balaban J connectivity index is 2.55. The predicted molar refractivity (Wildman–Crippen MR) is 98.3 cm³/mol. The van der Waals surface area contributed by atoms with Crippen molar-refractivity contribution < 1.29 is 23.6 Å². The van der Waals surface area contributed by atoms with Crippen LogP contribution in [0.25, 0.3) is 0 Å². The topological polar surface area (TPSA) is 117 Å². The minimum absolute atomic E-state index is 0.0745. The predicted octanol–water partition coefficient (Wildman–Crippen LogP) is 2.77. The zero-order valence-electron chi connectivity index (χ0n) is 14.0. The van der Waals surface area contributed by atoms with Gasteiger partial charge in [0, 0.05) is 21.3 Å². The van der Waals surface area contributed by atoms with Crippen LogP contribution >= 0.6 is 24.2 Å². The van der Waals surface area contributed by atoms with Gasteiger partial charge in [0.05, 0.1) is 0 Å². The zero-order chi connectivity index (χ0) is 18.8. The summed E-state index contributed by atoms with van der Waals surface area (Å²) in [5.41, 5.74) is 0.601. The van der Waals surface area contributed by atoms with E-state index in [4.69, 9.17) is 4.89 Å². The Morgan fingerprint density at radius 3 is 2.48 bits per heavy atom. The fourth-order valence-corrected chi connectivity index (χ4v) is 2.49. The van der Waals surface area contributed by atoms with Crippen molar-refractivity contribution in [2.24, 2.45) is 5.92 Å². The Bertz CT molecular complexity index is 597. The van der Waals surface area contributed by atoms with E-state index in [1.807, 2.05) is 13.8 Å². The van der Waals surface area contributed by atoms with Gasteiger partial charge in [-0.15, -0.1) is 9.42 Å². The van der Waals surface area contributed by atoms with Crippen molar-refractivity contribution in [3.05, 3.63) is 28.7 Å². The van der Waals surface area contributed by atoms with Gasteiger partial charge in [0.15, 0.2) is 0 Å². The fourth-order valence-electron chi connectivity index (χ4n) is 1.98. The lowest BCUT2D eigenvalue weighted by Crippen LogP contribution is -2.49. The molecule has 1 aromatic rings. The normalized spacial score (nSPS) is 12.4. The number of benzene rings is 1. The Kier molecular flexibility index (Phi) is 9.59. The van der Waals surface area contributed by atoms with Crippen molar-refractivity contribution in [2.75, 3.05) is 18.5 Å². The number of hydrogen-bond acceptors (Lipinski definition) is 4. The van der Waals surface area contributed by atoms with E-state index in [0.29, 0.717) is 12.1 Å². The highest BCUT2D eigenvalue weighted by molar-refractivity contribution is 9.10. The van der Waals surface area contributed by atoms with Crippen LogP contribution in [0, 0.1) is 5.92 Å². The van der Waals surface area contributed by atoms with E-state index in [2.05, 4.69) is 36.4 Å². The van der Waals surface area contributed by atoms with Crippen LogP contribution in [0.3, 0.4) is 0 Å². The molecular formula is C15H22BrN3O5P+. The summed E-state index contributed by atoms with van der Waals surface area (Å²) in [6.07, 6.45) is 0.453. The molecule has 1 aromatic carbocycles. The molecule has 0 saturated heterocycles. The molecule has 10 heteroatoms. The van der Waals surface area contributed by atoms with Gasteiger partial charge in [-0.25, -0.2) is 4.79 Å². The summed E-state index contributed by atoms with van der Waals surface area (Å²) < 4.78 is 15.8. The van der Waals surface area contributed by atoms with Gasteiger partial charge < -0.3 is 16.0 Å². The molecule has 8 nitrogen and oxygen atoms in total. The van der Waals surface area contributed by atoms with Crippen molar-refractivity contribution in [1.29, 1.82) is 0 Å². The summed E-state index contributed by atoms with van der Waals surface area (Å²) in [5.74, 6) is -0.191. The standard InChI is InChI=1S/C15H21BrN3O5P/c1-10(2)9-13(14(20)17-7-8-24-25(22)23)19-15(21)18-12-5-3-11(16)4-6-12/h3-6,10,13H,7-9H2,1-2H3,(H3-,17,18,19,20,21,22,23)/p+1. The van der Waals surface area contributed by atoms with E-state index >= 15 is 0 Å². The number of carbonyl (C=O) groups is 2. The SMILES string of the molecule is CC(C)CC(NC(=O)Nc1ccc(Br)cc1)C(=O)NCCO[P+](=O)O. The molecule has 138 valence electrons. The first kappa shape index (κ1) is 21.5. The molecule has 25 heavy (non-hydrogen) atoms. The Morgan fingerprint density at radius 2 is 1.92 bits per heavy atom. The third-order valence-corrected chi connectivity index (χ3v) is 3.97. The maximum absolute atomic E-state index is 12.2. The van der Waals surface area contributed by atoms with E-state index in [1.54, 1.807) is 24.3 Å². The molecule has 0 spiro atoms. The minimum atomic E-state index is -2.69. The molecule has 0 radical (unpaired) electrons. The minimum Gasteiger partial charge on any atom is -0.352 e. The van der Waals surface area contributed by atoms with E-state index in [9.17, 15) is 14.2 Å². The largest absolute Gasteiger partial charge is 0.694 e. The van der Waals surface area contributed by atoms with Gasteiger partial charge in [-0.05, 0) is 36.6 Å². The van der Waals surface area contributed by atoms with Crippen LogP contribution in [0.2, 0.25) is 0 Å². The van der Waals surface area contributed by atoms with Gasteiger partial charge in [0.1, 0.15) is 12.6 Å². The number of halogens is 1. The lowest BCUT2D eigenvalue weighted by Gasteiger charge is -2.20. The number of carbonyl (C=O) groups excluding carboxylic acids is 2. The third-order valence-electron chi connectivity index (χ3n) is 3.03. The van der Waals surface area contributed by atoms with E-state index in [0.717, 1.165) is 4.47 Å². The Labute approximate surface area is 155 Å². The number of rotatable bonds is 9. The van der Waals surface area contributed by atoms with Crippen LogP contribution in [0.1, 0.15) is 20.3 Å². The molecule has 0 aliphatic heterocycles. The van der Waals surface area contributed by atoms with Crippen LogP contribution in [0.15, 0.2) is 28.7 Å². The summed E-state index contributed by atoms with van der Waals surface area (Å²) in [4.78, 5) is 32.8. The van der Waals surface area contributed by atoms with Crippen molar-refractivity contribution in [3.8, 4) is 0 Å². The molecule has 3 amide bonds. The molecule has 0 aliphatic carbocycles. The van der Waals surface area contributed by atoms with Crippen LogP contribution in [0.5, 0.6) is 0 Å². The summed E-state index contributed by atoms with van der Waals surface area (Å²) in [6, 6.07) is 5.83. The van der Waals surface area contributed by atoms with Gasteiger partial charge in [-0.2, -0.15) is 0 Å². The highest BCUT2D eigenvalue weighted by atomic mass is 79.9. The maximum Gasteiger partial charge on any atom is 0.694 e. The fraction of sp³-hybridized carbons (Fsp3) is 0.467. The number of anilines is 1.